The highest BCUT2D eigenvalue weighted by Crippen LogP contribution is 2.28. The second kappa shape index (κ2) is 7.91. The van der Waals surface area contributed by atoms with Gasteiger partial charge in [0.15, 0.2) is 17.3 Å². The summed E-state index contributed by atoms with van der Waals surface area (Å²) in [7, 11) is 2.95. The van der Waals surface area contributed by atoms with E-state index < -0.39 is 22.7 Å². The highest BCUT2D eigenvalue weighted by atomic mass is 19.1. The number of rotatable bonds is 6. The Bertz CT molecular complexity index is 1130. The summed E-state index contributed by atoms with van der Waals surface area (Å²) < 4.78 is 25.5. The van der Waals surface area contributed by atoms with Crippen LogP contribution in [-0.4, -0.2) is 29.1 Å². The van der Waals surface area contributed by atoms with Crippen molar-refractivity contribution in [2.24, 2.45) is 0 Å². The molecule has 0 radical (unpaired) electrons. The number of ether oxygens (including phenoxy) is 2. The van der Waals surface area contributed by atoms with Crippen molar-refractivity contribution >= 4 is 5.78 Å². The van der Waals surface area contributed by atoms with E-state index in [9.17, 15) is 18.8 Å². The zero-order chi connectivity index (χ0) is 20.3. The maximum Gasteiger partial charge on any atom is 0.320 e. The van der Waals surface area contributed by atoms with Crippen molar-refractivity contribution < 1.29 is 18.7 Å². The minimum Gasteiger partial charge on any atom is -0.493 e. The summed E-state index contributed by atoms with van der Waals surface area (Å²) in [5.74, 6) is 0.0108. The van der Waals surface area contributed by atoms with Gasteiger partial charge in [-0.2, -0.15) is 0 Å². The van der Waals surface area contributed by atoms with E-state index in [0.717, 1.165) is 21.3 Å². The van der Waals surface area contributed by atoms with Crippen LogP contribution >= 0.6 is 0 Å². The highest BCUT2D eigenvalue weighted by Gasteiger charge is 2.13. The van der Waals surface area contributed by atoms with Crippen LogP contribution in [0.15, 0.2) is 64.4 Å². The normalized spacial score (nSPS) is 10.5. The molecule has 0 unspecified atom stereocenters. The Labute approximate surface area is 159 Å². The molecule has 0 aliphatic rings. The van der Waals surface area contributed by atoms with Crippen LogP contribution in [0.25, 0.3) is 5.69 Å². The molecule has 0 N–H and O–H groups in total. The van der Waals surface area contributed by atoms with Crippen molar-refractivity contribution in [2.45, 2.75) is 6.54 Å². The fraction of sp³-hybridized carbons (Fsp3) is 0.150. The van der Waals surface area contributed by atoms with Gasteiger partial charge >= 0.3 is 11.1 Å². The molecule has 1 heterocycles. The number of carbonyl (C=O) groups excluding carboxylic acids is 1. The van der Waals surface area contributed by atoms with Crippen molar-refractivity contribution in [1.82, 2.24) is 9.13 Å². The molecule has 0 spiro atoms. The highest BCUT2D eigenvalue weighted by molar-refractivity contribution is 5.95. The largest absolute Gasteiger partial charge is 0.493 e. The molecule has 2 aromatic carbocycles. The maximum atomic E-state index is 13.0. The van der Waals surface area contributed by atoms with E-state index in [2.05, 4.69) is 0 Å². The number of methoxy groups -OCH3 is 2. The van der Waals surface area contributed by atoms with Gasteiger partial charge in [0.25, 0.3) is 0 Å². The fourth-order valence-corrected chi connectivity index (χ4v) is 2.69. The molecule has 0 atom stereocenters. The second-order valence-electron chi connectivity index (χ2n) is 5.88. The van der Waals surface area contributed by atoms with Gasteiger partial charge in [-0.25, -0.2) is 4.39 Å². The second-order valence-corrected chi connectivity index (χ2v) is 5.88. The molecule has 3 aromatic rings. The van der Waals surface area contributed by atoms with Crippen LogP contribution in [-0.2, 0) is 6.54 Å². The van der Waals surface area contributed by atoms with Gasteiger partial charge in [0.05, 0.1) is 26.5 Å². The first-order valence-corrected chi connectivity index (χ1v) is 8.28. The molecule has 0 bridgehead atoms. The number of hydrogen-bond acceptors (Lipinski definition) is 5. The van der Waals surface area contributed by atoms with E-state index in [4.69, 9.17) is 9.47 Å². The molecule has 0 aliphatic carbocycles. The number of nitrogens with zero attached hydrogens (tertiary/aromatic N) is 2. The van der Waals surface area contributed by atoms with E-state index in [-0.39, 0.29) is 12.1 Å². The summed E-state index contributed by atoms with van der Waals surface area (Å²) in [6.45, 7) is -0.327. The van der Waals surface area contributed by atoms with Gasteiger partial charge in [-0.15, -0.1) is 0 Å². The van der Waals surface area contributed by atoms with Gasteiger partial charge < -0.3 is 14.0 Å². The lowest BCUT2D eigenvalue weighted by molar-refractivity contribution is 0.0970. The number of ketones is 1. The van der Waals surface area contributed by atoms with Crippen molar-refractivity contribution in [3.63, 3.8) is 0 Å². The maximum absolute atomic E-state index is 13.0. The molecule has 3 rings (SSSR count). The molecular formula is C20H17FN2O5. The summed E-state index contributed by atoms with van der Waals surface area (Å²) >= 11 is 0. The van der Waals surface area contributed by atoms with Crippen LogP contribution in [0.3, 0.4) is 0 Å². The van der Waals surface area contributed by atoms with Crippen LogP contribution in [0.4, 0.5) is 4.39 Å². The Morgan fingerprint density at radius 3 is 2.25 bits per heavy atom. The minimum absolute atomic E-state index is 0.248. The molecule has 0 fully saturated rings. The van der Waals surface area contributed by atoms with Crippen LogP contribution in [0.2, 0.25) is 0 Å². The van der Waals surface area contributed by atoms with Gasteiger partial charge in [-0.1, -0.05) is 0 Å². The van der Waals surface area contributed by atoms with Crippen molar-refractivity contribution in [2.75, 3.05) is 14.2 Å². The summed E-state index contributed by atoms with van der Waals surface area (Å²) in [6.07, 6.45) is 2.74. The van der Waals surface area contributed by atoms with E-state index in [1.54, 1.807) is 18.2 Å². The molecular weight excluding hydrogens is 367 g/mol. The van der Waals surface area contributed by atoms with Gasteiger partial charge in [0.1, 0.15) is 5.82 Å². The molecule has 0 amide bonds. The van der Waals surface area contributed by atoms with Crippen molar-refractivity contribution in [3.8, 4) is 17.2 Å². The third-order valence-corrected chi connectivity index (χ3v) is 4.18. The Kier molecular flexibility index (Phi) is 5.39. The predicted molar refractivity (Wildman–Crippen MR) is 100 cm³/mol. The average Bonchev–Trinajstić information content (AvgIpc) is 2.71. The Balaban J connectivity index is 1.93. The van der Waals surface area contributed by atoms with Crippen molar-refractivity contribution in [1.29, 1.82) is 0 Å². The molecule has 28 heavy (non-hydrogen) atoms. The molecule has 0 saturated carbocycles. The number of halogens is 1. The Hall–Kier alpha value is -3.68. The zero-order valence-electron chi connectivity index (χ0n) is 15.2. The Morgan fingerprint density at radius 2 is 1.61 bits per heavy atom. The van der Waals surface area contributed by atoms with E-state index in [1.165, 1.54) is 38.7 Å². The lowest BCUT2D eigenvalue weighted by atomic mass is 10.1. The summed E-state index contributed by atoms with van der Waals surface area (Å²) in [5, 5.41) is 0. The number of hydrogen-bond donors (Lipinski definition) is 0. The first kappa shape index (κ1) is 19.1. The lowest BCUT2D eigenvalue weighted by Crippen LogP contribution is -2.41. The Morgan fingerprint density at radius 1 is 0.929 bits per heavy atom. The molecule has 8 heteroatoms. The van der Waals surface area contributed by atoms with Crippen LogP contribution in [0.1, 0.15) is 10.4 Å². The predicted octanol–water partition coefficient (Wildman–Crippen LogP) is 2.04. The third-order valence-electron chi connectivity index (χ3n) is 4.18. The molecule has 144 valence electrons. The first-order chi connectivity index (χ1) is 13.4. The number of carbonyl (C=O) groups is 1. The molecule has 0 aliphatic heterocycles. The van der Waals surface area contributed by atoms with E-state index in [0.29, 0.717) is 17.2 Å². The SMILES string of the molecule is COc1ccc(-n2ccn(CC(=O)c3ccc(F)cc3)c(=O)c2=O)cc1OC. The molecule has 1 aromatic heterocycles. The fourth-order valence-electron chi connectivity index (χ4n) is 2.69. The number of Topliss-reactive ketones (excluding diaryl/α,β-unsaturated/α-hetero) is 1. The average molecular weight is 384 g/mol. The summed E-state index contributed by atoms with van der Waals surface area (Å²) in [6, 6.07) is 9.76. The monoisotopic (exact) mass is 384 g/mol. The van der Waals surface area contributed by atoms with Crippen LogP contribution in [0, 0.1) is 5.82 Å². The van der Waals surface area contributed by atoms with Gasteiger partial charge in [0, 0.05) is 24.0 Å². The van der Waals surface area contributed by atoms with Gasteiger partial charge in [0.2, 0.25) is 0 Å². The number of benzene rings is 2. The molecule has 0 saturated heterocycles. The third kappa shape index (κ3) is 3.71. The van der Waals surface area contributed by atoms with Crippen LogP contribution in [0.5, 0.6) is 11.5 Å². The van der Waals surface area contributed by atoms with E-state index in [1.807, 2.05) is 0 Å². The first-order valence-electron chi connectivity index (χ1n) is 8.28. The van der Waals surface area contributed by atoms with Gasteiger partial charge in [-0.3, -0.25) is 19.0 Å². The van der Waals surface area contributed by atoms with E-state index >= 15 is 0 Å². The molecule has 7 nitrogen and oxygen atoms in total. The minimum atomic E-state index is -0.854. The standard InChI is InChI=1S/C20H17FN2O5/c1-27-17-8-7-15(11-18(17)28-2)23-10-9-22(19(25)20(23)26)12-16(24)13-3-5-14(21)6-4-13/h3-11H,12H2,1-2H3. The zero-order valence-corrected chi connectivity index (χ0v) is 15.2. The van der Waals surface area contributed by atoms with Gasteiger partial charge in [-0.05, 0) is 36.4 Å². The number of aromatic nitrogens is 2. The van der Waals surface area contributed by atoms with Crippen LogP contribution < -0.4 is 20.6 Å². The summed E-state index contributed by atoms with van der Waals surface area (Å²) in [4.78, 5) is 37.2. The topological polar surface area (TPSA) is 79.5 Å². The quantitative estimate of drug-likeness (QED) is 0.480. The lowest BCUT2D eigenvalue weighted by Gasteiger charge is -2.12. The summed E-state index contributed by atoms with van der Waals surface area (Å²) in [5.41, 5.74) is -1.01. The van der Waals surface area contributed by atoms with Crippen molar-refractivity contribution in [3.05, 3.63) is 86.9 Å². The smallest absolute Gasteiger partial charge is 0.320 e.